The second-order valence-corrected chi connectivity index (χ2v) is 4.30. The molecule has 2 fully saturated rings. The molecule has 1 heterocycles. The van der Waals surface area contributed by atoms with Crippen LogP contribution in [0, 0.1) is 11.8 Å². The van der Waals surface area contributed by atoms with Crippen LogP contribution in [0.5, 0.6) is 0 Å². The summed E-state index contributed by atoms with van der Waals surface area (Å²) in [5.74, 6) is 1.85. The average molecular weight is 139 g/mol. The Morgan fingerprint density at radius 2 is 2.30 bits per heavy atom. The van der Waals surface area contributed by atoms with Crippen molar-refractivity contribution in [2.45, 2.75) is 38.6 Å². The van der Waals surface area contributed by atoms with Gasteiger partial charge in [-0.15, -0.1) is 0 Å². The van der Waals surface area contributed by atoms with Gasteiger partial charge in [0.25, 0.3) is 0 Å². The van der Waals surface area contributed by atoms with Gasteiger partial charge in [0.2, 0.25) is 0 Å². The van der Waals surface area contributed by atoms with Gasteiger partial charge in [0.15, 0.2) is 0 Å². The summed E-state index contributed by atoms with van der Waals surface area (Å²) in [5, 5.41) is 3.67. The molecule has 0 aromatic heterocycles. The van der Waals surface area contributed by atoms with Crippen LogP contribution in [0.2, 0.25) is 0 Å². The monoisotopic (exact) mass is 139 g/mol. The fourth-order valence-electron chi connectivity index (χ4n) is 2.59. The molecule has 2 bridgehead atoms. The van der Waals surface area contributed by atoms with Crippen LogP contribution in [-0.4, -0.2) is 12.1 Å². The van der Waals surface area contributed by atoms with Gasteiger partial charge in [0.05, 0.1) is 0 Å². The van der Waals surface area contributed by atoms with Crippen LogP contribution < -0.4 is 5.32 Å². The molecule has 1 saturated heterocycles. The highest BCUT2D eigenvalue weighted by atomic mass is 15.0. The smallest absolute Gasteiger partial charge is 0.0207 e. The third-order valence-corrected chi connectivity index (χ3v) is 3.50. The van der Waals surface area contributed by atoms with Gasteiger partial charge in [-0.2, -0.15) is 0 Å². The molecule has 1 N–H and O–H groups in total. The minimum absolute atomic E-state index is 0.560. The number of piperidine rings is 1. The molecule has 1 aliphatic carbocycles. The quantitative estimate of drug-likeness (QED) is 0.584. The van der Waals surface area contributed by atoms with Crippen molar-refractivity contribution in [3.8, 4) is 0 Å². The number of rotatable bonds is 1. The van der Waals surface area contributed by atoms with E-state index in [1.165, 1.54) is 25.8 Å². The molecular weight excluding hydrogens is 122 g/mol. The second-order valence-electron chi connectivity index (χ2n) is 4.30. The van der Waals surface area contributed by atoms with E-state index in [2.05, 4.69) is 19.2 Å². The fraction of sp³-hybridized carbons (Fsp3) is 1.00. The predicted molar refractivity (Wildman–Crippen MR) is 42.9 cm³/mol. The highest BCUT2D eigenvalue weighted by Gasteiger charge is 2.46. The van der Waals surface area contributed by atoms with Gasteiger partial charge in [-0.1, -0.05) is 13.8 Å². The maximum absolute atomic E-state index is 3.67. The maximum Gasteiger partial charge on any atom is 0.0207 e. The molecule has 2 aliphatic rings. The summed E-state index contributed by atoms with van der Waals surface area (Å²) in [4.78, 5) is 0. The third-order valence-electron chi connectivity index (χ3n) is 3.50. The topological polar surface area (TPSA) is 12.0 Å². The third kappa shape index (κ3) is 0.731. The van der Waals surface area contributed by atoms with Crippen LogP contribution in [-0.2, 0) is 0 Å². The Hall–Kier alpha value is -0.0400. The summed E-state index contributed by atoms with van der Waals surface area (Å²) in [6.45, 7) is 5.99. The molecule has 0 spiro atoms. The SMILES string of the molecule is CC(C)C12CCC(CN1)C2. The van der Waals surface area contributed by atoms with Gasteiger partial charge < -0.3 is 5.32 Å². The molecule has 0 amide bonds. The van der Waals surface area contributed by atoms with E-state index < -0.39 is 0 Å². The first-order valence-electron chi connectivity index (χ1n) is 4.48. The van der Waals surface area contributed by atoms with Crippen LogP contribution >= 0.6 is 0 Å². The van der Waals surface area contributed by atoms with E-state index in [0.717, 1.165) is 11.8 Å². The fourth-order valence-corrected chi connectivity index (χ4v) is 2.59. The molecule has 2 unspecified atom stereocenters. The van der Waals surface area contributed by atoms with Gasteiger partial charge in [0, 0.05) is 5.54 Å². The van der Waals surface area contributed by atoms with E-state index in [9.17, 15) is 0 Å². The van der Waals surface area contributed by atoms with Crippen molar-refractivity contribution < 1.29 is 0 Å². The van der Waals surface area contributed by atoms with Gasteiger partial charge in [-0.3, -0.25) is 0 Å². The zero-order valence-corrected chi connectivity index (χ0v) is 6.98. The Morgan fingerprint density at radius 1 is 1.50 bits per heavy atom. The molecular formula is C9H17N. The molecule has 0 aromatic rings. The number of fused-ring (bicyclic) bond motifs is 2. The number of hydrogen-bond acceptors (Lipinski definition) is 1. The summed E-state index contributed by atoms with van der Waals surface area (Å²) in [6, 6.07) is 0. The van der Waals surface area contributed by atoms with Gasteiger partial charge in [0.1, 0.15) is 0 Å². The average Bonchev–Trinajstić information content (AvgIpc) is 2.45. The van der Waals surface area contributed by atoms with Crippen LogP contribution in [0.4, 0.5) is 0 Å². The summed E-state index contributed by atoms with van der Waals surface area (Å²) in [5.41, 5.74) is 0.560. The van der Waals surface area contributed by atoms with Crippen molar-refractivity contribution in [2.24, 2.45) is 11.8 Å². The lowest BCUT2D eigenvalue weighted by Crippen LogP contribution is -2.44. The first-order chi connectivity index (χ1) is 4.73. The first-order valence-corrected chi connectivity index (χ1v) is 4.48. The molecule has 0 aromatic carbocycles. The molecule has 2 atom stereocenters. The lowest BCUT2D eigenvalue weighted by molar-refractivity contribution is 0.268. The molecule has 1 saturated carbocycles. The zero-order valence-electron chi connectivity index (χ0n) is 6.98. The predicted octanol–water partition coefficient (Wildman–Crippen LogP) is 1.78. The van der Waals surface area contributed by atoms with Crippen LogP contribution in [0.1, 0.15) is 33.1 Å². The van der Waals surface area contributed by atoms with Gasteiger partial charge in [-0.05, 0) is 37.6 Å². The standard InChI is InChI=1S/C9H17N/c1-7(2)9-4-3-8(5-9)6-10-9/h7-8,10H,3-6H2,1-2H3. The lowest BCUT2D eigenvalue weighted by atomic mass is 9.86. The molecule has 1 nitrogen and oxygen atoms in total. The normalized spacial score (nSPS) is 45.3. The lowest BCUT2D eigenvalue weighted by Gasteiger charge is -2.32. The largest absolute Gasteiger partial charge is 0.311 e. The van der Waals surface area contributed by atoms with Crippen LogP contribution in [0.3, 0.4) is 0 Å². The highest BCUT2D eigenvalue weighted by molar-refractivity contribution is 5.04. The molecule has 1 heteroatoms. The summed E-state index contributed by atoms with van der Waals surface area (Å²) < 4.78 is 0. The Morgan fingerprint density at radius 3 is 2.50 bits per heavy atom. The van der Waals surface area contributed by atoms with E-state index in [-0.39, 0.29) is 0 Å². The van der Waals surface area contributed by atoms with Crippen LogP contribution in [0.25, 0.3) is 0 Å². The number of hydrogen-bond donors (Lipinski definition) is 1. The number of nitrogens with one attached hydrogen (secondary N) is 1. The molecule has 0 radical (unpaired) electrons. The molecule has 10 heavy (non-hydrogen) atoms. The molecule has 58 valence electrons. The van der Waals surface area contributed by atoms with Crippen molar-refractivity contribution in [2.75, 3.05) is 6.54 Å². The van der Waals surface area contributed by atoms with Crippen LogP contribution in [0.15, 0.2) is 0 Å². The van der Waals surface area contributed by atoms with E-state index >= 15 is 0 Å². The van der Waals surface area contributed by atoms with Crippen molar-refractivity contribution in [3.63, 3.8) is 0 Å². The van der Waals surface area contributed by atoms with E-state index in [4.69, 9.17) is 0 Å². The minimum Gasteiger partial charge on any atom is -0.311 e. The Kier molecular flexibility index (Phi) is 1.31. The van der Waals surface area contributed by atoms with Crippen molar-refractivity contribution in [1.29, 1.82) is 0 Å². The summed E-state index contributed by atoms with van der Waals surface area (Å²) in [6.07, 6.45) is 4.35. The first kappa shape index (κ1) is 6.66. The Balaban J connectivity index is 2.15. The minimum atomic E-state index is 0.560. The van der Waals surface area contributed by atoms with Crippen molar-refractivity contribution in [1.82, 2.24) is 5.32 Å². The maximum atomic E-state index is 3.67. The van der Waals surface area contributed by atoms with E-state index in [0.29, 0.717) is 5.54 Å². The van der Waals surface area contributed by atoms with E-state index in [1.807, 2.05) is 0 Å². The van der Waals surface area contributed by atoms with Crippen molar-refractivity contribution >= 4 is 0 Å². The van der Waals surface area contributed by atoms with Gasteiger partial charge >= 0.3 is 0 Å². The zero-order chi connectivity index (χ0) is 7.19. The van der Waals surface area contributed by atoms with Gasteiger partial charge in [-0.25, -0.2) is 0 Å². The Bertz CT molecular complexity index is 132. The second kappa shape index (κ2) is 1.97. The highest BCUT2D eigenvalue weighted by Crippen LogP contribution is 2.43. The van der Waals surface area contributed by atoms with Crippen molar-refractivity contribution in [3.05, 3.63) is 0 Å². The summed E-state index contributed by atoms with van der Waals surface area (Å²) in [7, 11) is 0. The molecule has 1 aliphatic heterocycles. The molecule has 2 rings (SSSR count). The Labute approximate surface area is 63.2 Å². The summed E-state index contributed by atoms with van der Waals surface area (Å²) >= 11 is 0. The van der Waals surface area contributed by atoms with E-state index in [1.54, 1.807) is 0 Å².